The zero-order valence-corrected chi connectivity index (χ0v) is 16.5. The van der Waals surface area contributed by atoms with Gasteiger partial charge in [0.1, 0.15) is 10.6 Å². The van der Waals surface area contributed by atoms with Crippen molar-refractivity contribution < 1.29 is 9.21 Å². The van der Waals surface area contributed by atoms with Gasteiger partial charge in [-0.15, -0.1) is 11.3 Å². The van der Waals surface area contributed by atoms with E-state index in [1.807, 2.05) is 55.1 Å². The molecule has 0 radical (unpaired) electrons. The molecule has 6 nitrogen and oxygen atoms in total. The molecule has 1 N–H and O–H groups in total. The maximum atomic E-state index is 12.5. The third kappa shape index (κ3) is 3.89. The highest BCUT2D eigenvalue weighted by molar-refractivity contribution is 7.17. The van der Waals surface area contributed by atoms with Crippen molar-refractivity contribution in [3.05, 3.63) is 76.8 Å². The smallest absolute Gasteiger partial charge is 0.263 e. The summed E-state index contributed by atoms with van der Waals surface area (Å²) in [5.41, 5.74) is 2.89. The fourth-order valence-electron chi connectivity index (χ4n) is 2.90. The molecule has 0 bridgehead atoms. The Kier molecular flexibility index (Phi) is 5.08. The molecule has 3 aromatic heterocycles. The van der Waals surface area contributed by atoms with E-state index >= 15 is 0 Å². The lowest BCUT2D eigenvalue weighted by atomic mass is 10.1. The molecular formula is C21H20N4O2S. The van der Waals surface area contributed by atoms with Gasteiger partial charge in [-0.1, -0.05) is 12.1 Å². The van der Waals surface area contributed by atoms with E-state index in [0.717, 1.165) is 34.1 Å². The number of nitrogens with zero attached hydrogens (tertiary/aromatic N) is 3. The van der Waals surface area contributed by atoms with Gasteiger partial charge in [-0.05, 0) is 56.2 Å². The van der Waals surface area contributed by atoms with Crippen molar-refractivity contribution in [2.75, 3.05) is 6.54 Å². The van der Waals surface area contributed by atoms with Crippen LogP contribution in [0.25, 0.3) is 16.5 Å². The number of hydrogen-bond acceptors (Lipinski definition) is 5. The molecule has 0 saturated carbocycles. The average molecular weight is 392 g/mol. The molecule has 1 aromatic carbocycles. The Bertz CT molecular complexity index is 1080. The van der Waals surface area contributed by atoms with Crippen LogP contribution in [0.5, 0.6) is 0 Å². The molecule has 0 fully saturated rings. The van der Waals surface area contributed by atoms with Crippen LogP contribution in [0, 0.1) is 13.8 Å². The number of furan rings is 1. The molecular weight excluding hydrogens is 372 g/mol. The normalized spacial score (nSPS) is 10.9. The molecule has 0 aliphatic carbocycles. The lowest BCUT2D eigenvalue weighted by Crippen LogP contribution is -2.25. The second-order valence-electron chi connectivity index (χ2n) is 6.47. The first-order valence-corrected chi connectivity index (χ1v) is 9.83. The minimum Gasteiger partial charge on any atom is -0.459 e. The molecule has 7 heteroatoms. The van der Waals surface area contributed by atoms with E-state index in [9.17, 15) is 4.79 Å². The molecule has 0 aliphatic heterocycles. The zero-order chi connectivity index (χ0) is 19.5. The van der Waals surface area contributed by atoms with Crippen LogP contribution in [0.15, 0.2) is 59.3 Å². The Labute approximate surface area is 166 Å². The van der Waals surface area contributed by atoms with Gasteiger partial charge in [-0.2, -0.15) is 5.10 Å². The fourth-order valence-corrected chi connectivity index (χ4v) is 3.84. The van der Waals surface area contributed by atoms with E-state index in [-0.39, 0.29) is 5.91 Å². The van der Waals surface area contributed by atoms with E-state index in [4.69, 9.17) is 4.42 Å². The third-order valence-corrected chi connectivity index (χ3v) is 5.53. The highest BCUT2D eigenvalue weighted by Crippen LogP contribution is 2.29. The lowest BCUT2D eigenvalue weighted by molar-refractivity contribution is 0.0957. The molecule has 0 spiro atoms. The van der Waals surface area contributed by atoms with E-state index in [1.54, 1.807) is 6.20 Å². The van der Waals surface area contributed by atoms with E-state index in [2.05, 4.69) is 27.5 Å². The van der Waals surface area contributed by atoms with Crippen LogP contribution in [0.4, 0.5) is 0 Å². The van der Waals surface area contributed by atoms with Gasteiger partial charge in [-0.25, -0.2) is 9.67 Å². The van der Waals surface area contributed by atoms with Crippen LogP contribution < -0.4 is 5.32 Å². The number of hydrogen-bond donors (Lipinski definition) is 1. The minimum absolute atomic E-state index is 0.0994. The van der Waals surface area contributed by atoms with Gasteiger partial charge in [0.25, 0.3) is 5.91 Å². The number of aromatic nitrogens is 3. The van der Waals surface area contributed by atoms with Crippen LogP contribution in [-0.4, -0.2) is 27.2 Å². The standard InChI is InChI=1S/C21H20N4O2S/c1-14-4-9-18(27-14)21-24-15(2)19(28-21)20(26)22-12-10-16-5-7-17(8-6-16)25-13-3-11-23-25/h3-9,11,13H,10,12H2,1-2H3,(H,22,26). The second kappa shape index (κ2) is 7.82. The molecule has 28 heavy (non-hydrogen) atoms. The Morgan fingerprint density at radius 1 is 1.18 bits per heavy atom. The van der Waals surface area contributed by atoms with Gasteiger partial charge in [0.15, 0.2) is 10.8 Å². The average Bonchev–Trinajstić information content (AvgIpc) is 3.43. The van der Waals surface area contributed by atoms with E-state index < -0.39 is 0 Å². The van der Waals surface area contributed by atoms with Crippen molar-refractivity contribution in [2.45, 2.75) is 20.3 Å². The molecule has 0 unspecified atom stereocenters. The van der Waals surface area contributed by atoms with Crippen LogP contribution in [0.2, 0.25) is 0 Å². The third-order valence-electron chi connectivity index (χ3n) is 4.36. The van der Waals surface area contributed by atoms with Gasteiger partial charge < -0.3 is 9.73 Å². The van der Waals surface area contributed by atoms with E-state index in [1.165, 1.54) is 11.3 Å². The molecule has 0 saturated heterocycles. The summed E-state index contributed by atoms with van der Waals surface area (Å²) in [6, 6.07) is 13.8. The summed E-state index contributed by atoms with van der Waals surface area (Å²) in [5, 5.41) is 7.93. The van der Waals surface area contributed by atoms with Crippen LogP contribution in [0.3, 0.4) is 0 Å². The highest BCUT2D eigenvalue weighted by Gasteiger charge is 2.17. The number of benzene rings is 1. The molecule has 0 atom stereocenters. The van der Waals surface area contributed by atoms with Gasteiger partial charge in [0.05, 0.1) is 11.4 Å². The number of thiazole rings is 1. The van der Waals surface area contributed by atoms with Crippen molar-refractivity contribution in [1.82, 2.24) is 20.1 Å². The molecule has 4 aromatic rings. The van der Waals surface area contributed by atoms with Gasteiger partial charge >= 0.3 is 0 Å². The van der Waals surface area contributed by atoms with Crippen molar-refractivity contribution in [3.8, 4) is 16.5 Å². The van der Waals surface area contributed by atoms with Crippen molar-refractivity contribution in [2.24, 2.45) is 0 Å². The van der Waals surface area contributed by atoms with Gasteiger partial charge in [-0.3, -0.25) is 4.79 Å². The number of aryl methyl sites for hydroxylation is 2. The van der Waals surface area contributed by atoms with Crippen LogP contribution in [0.1, 0.15) is 26.7 Å². The van der Waals surface area contributed by atoms with Crippen molar-refractivity contribution in [3.63, 3.8) is 0 Å². The fraction of sp³-hybridized carbons (Fsp3) is 0.190. The summed E-state index contributed by atoms with van der Waals surface area (Å²) in [5.74, 6) is 1.42. The zero-order valence-electron chi connectivity index (χ0n) is 15.7. The summed E-state index contributed by atoms with van der Waals surface area (Å²) < 4.78 is 7.42. The Morgan fingerprint density at radius 2 is 2.00 bits per heavy atom. The first-order valence-electron chi connectivity index (χ1n) is 9.01. The van der Waals surface area contributed by atoms with Crippen LogP contribution >= 0.6 is 11.3 Å². The number of amides is 1. The topological polar surface area (TPSA) is 73.0 Å². The van der Waals surface area contributed by atoms with Crippen molar-refractivity contribution >= 4 is 17.2 Å². The summed E-state index contributed by atoms with van der Waals surface area (Å²) in [6.07, 6.45) is 4.42. The summed E-state index contributed by atoms with van der Waals surface area (Å²) in [6.45, 7) is 4.30. The monoisotopic (exact) mass is 392 g/mol. The number of carbonyl (C=O) groups excluding carboxylic acids is 1. The first kappa shape index (κ1) is 18.2. The van der Waals surface area contributed by atoms with Crippen LogP contribution in [-0.2, 0) is 6.42 Å². The second-order valence-corrected chi connectivity index (χ2v) is 7.47. The number of rotatable bonds is 6. The number of carbonyl (C=O) groups is 1. The van der Waals surface area contributed by atoms with Gasteiger partial charge in [0, 0.05) is 18.9 Å². The highest BCUT2D eigenvalue weighted by atomic mass is 32.1. The number of nitrogens with one attached hydrogen (secondary N) is 1. The SMILES string of the molecule is Cc1ccc(-c2nc(C)c(C(=O)NCCc3ccc(-n4cccn4)cc3)s2)o1. The summed E-state index contributed by atoms with van der Waals surface area (Å²) in [7, 11) is 0. The van der Waals surface area contributed by atoms with Gasteiger partial charge in [0.2, 0.25) is 0 Å². The van der Waals surface area contributed by atoms with E-state index in [0.29, 0.717) is 17.2 Å². The maximum Gasteiger partial charge on any atom is 0.263 e. The largest absolute Gasteiger partial charge is 0.459 e. The first-order chi connectivity index (χ1) is 13.6. The predicted molar refractivity (Wildman–Crippen MR) is 109 cm³/mol. The maximum absolute atomic E-state index is 12.5. The quantitative estimate of drug-likeness (QED) is 0.534. The minimum atomic E-state index is -0.0994. The Hall–Kier alpha value is -3.19. The molecule has 0 aliphatic rings. The summed E-state index contributed by atoms with van der Waals surface area (Å²) >= 11 is 1.35. The Morgan fingerprint density at radius 3 is 2.68 bits per heavy atom. The Balaban J connectivity index is 1.35. The molecule has 3 heterocycles. The lowest BCUT2D eigenvalue weighted by Gasteiger charge is -2.06. The molecule has 142 valence electrons. The summed E-state index contributed by atoms with van der Waals surface area (Å²) in [4.78, 5) is 17.6. The molecule has 1 amide bonds. The van der Waals surface area contributed by atoms with Crippen molar-refractivity contribution in [1.29, 1.82) is 0 Å². The predicted octanol–water partition coefficient (Wildman–Crippen LogP) is 4.18. The molecule has 4 rings (SSSR count).